The molecule has 0 spiro atoms. The van der Waals surface area contributed by atoms with Gasteiger partial charge in [-0.05, 0) is 146 Å². The van der Waals surface area contributed by atoms with Gasteiger partial charge in [-0.15, -0.1) is 0 Å². The third-order valence-electron chi connectivity index (χ3n) is 8.27. The molecule has 6 aromatic carbocycles. The number of halogens is 2. The van der Waals surface area contributed by atoms with Gasteiger partial charge in [0, 0.05) is 0 Å². The van der Waals surface area contributed by atoms with Crippen LogP contribution in [0.25, 0.3) is 0 Å². The molecule has 0 saturated carbocycles. The van der Waals surface area contributed by atoms with Crippen LogP contribution in [-0.4, -0.2) is 42.7 Å². The second-order valence-corrected chi connectivity index (χ2v) is 24.1. The Morgan fingerprint density at radius 3 is 0.491 bits per heavy atom. The molecular formula is C42H44Cl2HgO6P2+2. The number of hydrogen-bond donors (Lipinski definition) is 0. The monoisotopic (exact) mass is 978 g/mol. The molecule has 11 heteroatoms. The van der Waals surface area contributed by atoms with E-state index in [0.29, 0.717) is 0 Å². The summed E-state index contributed by atoms with van der Waals surface area (Å²) in [6, 6.07) is 50.1. The minimum absolute atomic E-state index is 0.870. The third-order valence-corrected chi connectivity index (χ3v) is 13.7. The van der Waals surface area contributed by atoms with Crippen molar-refractivity contribution in [2.24, 2.45) is 0 Å². The topological polar surface area (TPSA) is 55.4 Å². The molecule has 0 aliphatic carbocycles. The van der Waals surface area contributed by atoms with E-state index in [2.05, 4.69) is 72.8 Å². The standard InChI is InChI=1S/2C21H21O3P.2ClH.Hg/c2*1-22-16-4-10-19(11-5-16)25(20-12-6-17(23-2)7-13-20)21-14-8-18(24-3)9-15-21;;;/h2*4-15H,1-3H3;2*1H;/q;;;;+2. The first kappa shape index (κ1) is 42.2. The Bertz CT molecular complexity index is 1550. The van der Waals surface area contributed by atoms with E-state index in [1.165, 1.54) is 31.8 Å². The first-order valence-corrected chi connectivity index (χ1v) is 33.2. The van der Waals surface area contributed by atoms with Crippen LogP contribution in [0.5, 0.6) is 34.5 Å². The molecular weight excluding hydrogens is 934 g/mol. The Morgan fingerprint density at radius 1 is 0.283 bits per heavy atom. The number of benzene rings is 6. The van der Waals surface area contributed by atoms with E-state index >= 15 is 0 Å². The van der Waals surface area contributed by atoms with E-state index in [4.69, 9.17) is 44.9 Å². The van der Waals surface area contributed by atoms with Crippen LogP contribution in [0.15, 0.2) is 146 Å². The number of methoxy groups -OCH3 is 6. The zero-order valence-corrected chi connectivity index (χ0v) is 39.8. The van der Waals surface area contributed by atoms with E-state index in [-0.39, 0.29) is 0 Å². The maximum atomic E-state index is 5.30. The molecule has 0 atom stereocenters. The van der Waals surface area contributed by atoms with Crippen molar-refractivity contribution in [3.05, 3.63) is 146 Å². The van der Waals surface area contributed by atoms with E-state index in [1.807, 2.05) is 72.8 Å². The van der Waals surface area contributed by atoms with Gasteiger partial charge >= 0.3 is 38.6 Å². The fourth-order valence-corrected chi connectivity index (χ4v) is 10.5. The van der Waals surface area contributed by atoms with Gasteiger partial charge in [0.2, 0.25) is 0 Å². The summed E-state index contributed by atoms with van der Waals surface area (Å²) in [4.78, 5) is 0. The Morgan fingerprint density at radius 2 is 0.396 bits per heavy atom. The first-order chi connectivity index (χ1) is 25.9. The molecule has 0 radical (unpaired) electrons. The van der Waals surface area contributed by atoms with E-state index in [1.54, 1.807) is 42.7 Å². The zero-order valence-electron chi connectivity index (χ0n) is 30.8. The predicted molar refractivity (Wildman–Crippen MR) is 224 cm³/mol. The Labute approximate surface area is 335 Å². The van der Waals surface area contributed by atoms with Crippen LogP contribution >= 0.6 is 32.3 Å². The quantitative estimate of drug-likeness (QED) is 0.0924. The van der Waals surface area contributed by atoms with Gasteiger partial charge in [0.15, 0.2) is 0 Å². The van der Waals surface area contributed by atoms with Gasteiger partial charge in [0.05, 0.1) is 58.5 Å². The summed E-state index contributed by atoms with van der Waals surface area (Å²) in [5.74, 6) is 5.22. The number of hydrogen-bond acceptors (Lipinski definition) is 6. The van der Waals surface area contributed by atoms with Crippen molar-refractivity contribution in [1.82, 2.24) is 0 Å². The zero-order chi connectivity index (χ0) is 38.0. The molecule has 6 rings (SSSR count). The second kappa shape index (κ2) is 22.7. The molecule has 0 N–H and O–H groups in total. The molecule has 6 aromatic rings. The Kier molecular flexibility index (Phi) is 18.1. The summed E-state index contributed by atoms with van der Waals surface area (Å²) >= 11 is -1.14. The van der Waals surface area contributed by atoms with Gasteiger partial charge in [-0.25, -0.2) is 0 Å². The van der Waals surface area contributed by atoms with Crippen LogP contribution in [0.2, 0.25) is 0 Å². The second-order valence-electron chi connectivity index (χ2n) is 11.2. The van der Waals surface area contributed by atoms with Crippen LogP contribution in [-0.2, 0) is 22.1 Å². The molecule has 0 heterocycles. The van der Waals surface area contributed by atoms with Gasteiger partial charge in [-0.2, -0.15) is 0 Å². The third kappa shape index (κ3) is 12.3. The molecule has 53 heavy (non-hydrogen) atoms. The van der Waals surface area contributed by atoms with Crippen molar-refractivity contribution in [2.75, 3.05) is 42.7 Å². The summed E-state index contributed by atoms with van der Waals surface area (Å²) in [5.41, 5.74) is 0. The molecule has 0 unspecified atom stereocenters. The molecule has 0 aliphatic heterocycles. The van der Waals surface area contributed by atoms with Gasteiger partial charge in [0.25, 0.3) is 0 Å². The predicted octanol–water partition coefficient (Wildman–Crippen LogP) is 7.78. The van der Waals surface area contributed by atoms with Crippen LogP contribution < -0.4 is 60.2 Å². The molecule has 0 bridgehead atoms. The van der Waals surface area contributed by atoms with E-state index in [0.717, 1.165) is 34.5 Å². The van der Waals surface area contributed by atoms with Crippen LogP contribution in [0.3, 0.4) is 0 Å². The van der Waals surface area contributed by atoms with Crippen molar-refractivity contribution in [3.8, 4) is 34.5 Å². The van der Waals surface area contributed by atoms with Crippen molar-refractivity contribution in [1.29, 1.82) is 0 Å². The van der Waals surface area contributed by atoms with Crippen molar-refractivity contribution in [3.63, 3.8) is 0 Å². The number of rotatable bonds is 12. The summed E-state index contributed by atoms with van der Waals surface area (Å²) in [5, 5.41) is 7.84. The van der Waals surface area contributed by atoms with Crippen molar-refractivity contribution >= 4 is 64.2 Å². The maximum absolute atomic E-state index is 5.30. The number of ether oxygens (including phenoxy) is 6. The molecule has 6 nitrogen and oxygen atoms in total. The fraction of sp³-hybridized carbons (Fsp3) is 0.143. The van der Waals surface area contributed by atoms with Crippen molar-refractivity contribution < 1.29 is 50.5 Å². The van der Waals surface area contributed by atoms with Crippen LogP contribution in [0, 0.1) is 0 Å². The normalized spacial score (nSPS) is 10.2. The summed E-state index contributed by atoms with van der Waals surface area (Å²) < 4.78 is 31.8. The minimum atomic E-state index is -1.14. The van der Waals surface area contributed by atoms with Crippen LogP contribution in [0.4, 0.5) is 0 Å². The van der Waals surface area contributed by atoms with Gasteiger partial charge in [-0.1, -0.05) is 0 Å². The fourth-order valence-electron chi connectivity index (χ4n) is 5.55. The average Bonchev–Trinajstić information content (AvgIpc) is 3.23. The van der Waals surface area contributed by atoms with Gasteiger partial charge < -0.3 is 28.4 Å². The van der Waals surface area contributed by atoms with Crippen LogP contribution in [0.1, 0.15) is 0 Å². The Balaban J connectivity index is 0.000000220. The molecule has 0 saturated heterocycles. The van der Waals surface area contributed by atoms with Crippen molar-refractivity contribution in [2.45, 2.75) is 0 Å². The first-order valence-electron chi connectivity index (χ1n) is 16.6. The SMILES string of the molecule is COc1ccc([PH+](c2ccc(OC)cc2)c2ccc(OC)cc2)cc1.COc1ccc([PH+](c2ccc(OC)cc2)c2ccc(OC)cc2)cc1.[Cl][Hg][Cl]. The summed E-state index contributed by atoms with van der Waals surface area (Å²) in [6.45, 7) is 0. The molecule has 0 aliphatic rings. The van der Waals surface area contributed by atoms with Gasteiger partial charge in [-0.3, -0.25) is 0 Å². The molecule has 0 amide bonds. The average molecular weight is 978 g/mol. The van der Waals surface area contributed by atoms with E-state index < -0.39 is 37.9 Å². The summed E-state index contributed by atoms with van der Waals surface area (Å²) in [6.07, 6.45) is 0. The molecule has 0 aromatic heterocycles. The molecule has 0 fully saturated rings. The Hall–Kier alpha value is -3.50. The molecule has 272 valence electrons. The summed E-state index contributed by atoms with van der Waals surface area (Å²) in [7, 11) is 17.9. The van der Waals surface area contributed by atoms with E-state index in [9.17, 15) is 0 Å². The van der Waals surface area contributed by atoms with Gasteiger partial charge in [0.1, 0.15) is 66.3 Å².